The largest absolute Gasteiger partial charge is 0.352 e. The molecular formula is C22H22N5O2+. The molecule has 4 aromatic rings. The molecule has 0 fully saturated rings. The number of anilines is 1. The third-order valence-electron chi connectivity index (χ3n) is 4.91. The van der Waals surface area contributed by atoms with Gasteiger partial charge < -0.3 is 11.1 Å². The Morgan fingerprint density at radius 1 is 1.17 bits per heavy atom. The van der Waals surface area contributed by atoms with Crippen molar-refractivity contribution in [1.82, 2.24) is 14.7 Å². The first-order chi connectivity index (χ1) is 14.1. The quantitative estimate of drug-likeness (QED) is 0.402. The maximum Gasteiger partial charge on any atom is 0.278 e. The molecule has 3 heterocycles. The number of pyridine rings is 2. The summed E-state index contributed by atoms with van der Waals surface area (Å²) in [4.78, 5) is 30.3. The number of hydrogen-bond donors (Lipinski definition) is 2. The molecule has 0 spiro atoms. The molecule has 0 bridgehead atoms. The van der Waals surface area contributed by atoms with Gasteiger partial charge in [0.05, 0.1) is 6.54 Å². The van der Waals surface area contributed by atoms with Crippen molar-refractivity contribution in [2.75, 3.05) is 12.3 Å². The third kappa shape index (κ3) is 3.42. The van der Waals surface area contributed by atoms with Crippen LogP contribution in [0.5, 0.6) is 0 Å². The van der Waals surface area contributed by atoms with Gasteiger partial charge in [0.1, 0.15) is 10.9 Å². The second-order valence-corrected chi connectivity index (χ2v) is 6.77. The van der Waals surface area contributed by atoms with Gasteiger partial charge >= 0.3 is 0 Å². The molecule has 3 aromatic heterocycles. The summed E-state index contributed by atoms with van der Waals surface area (Å²) in [6.07, 6.45) is 2.36. The first-order valence-electron chi connectivity index (χ1n) is 9.55. The van der Waals surface area contributed by atoms with Crippen LogP contribution in [0.3, 0.4) is 0 Å². The van der Waals surface area contributed by atoms with Crippen molar-refractivity contribution in [2.24, 2.45) is 0 Å². The molecule has 7 nitrogen and oxygen atoms in total. The molecule has 3 N–H and O–H groups in total. The highest BCUT2D eigenvalue weighted by Crippen LogP contribution is 2.15. The number of hydrogen-bond acceptors (Lipinski definition) is 4. The molecule has 0 saturated heterocycles. The Morgan fingerprint density at radius 2 is 1.93 bits per heavy atom. The average Bonchev–Trinajstić information content (AvgIpc) is 2.74. The van der Waals surface area contributed by atoms with Crippen LogP contribution in [0.2, 0.25) is 0 Å². The van der Waals surface area contributed by atoms with Crippen LogP contribution in [0.25, 0.3) is 16.7 Å². The van der Waals surface area contributed by atoms with Crippen LogP contribution in [-0.4, -0.2) is 21.8 Å². The number of nitrogen functional groups attached to an aromatic ring is 1. The lowest BCUT2D eigenvalue weighted by atomic mass is 10.1. The molecular weight excluding hydrogens is 366 g/mol. The Morgan fingerprint density at radius 3 is 2.69 bits per heavy atom. The van der Waals surface area contributed by atoms with Crippen molar-refractivity contribution in [2.45, 2.75) is 19.9 Å². The van der Waals surface area contributed by atoms with E-state index in [1.165, 1.54) is 4.40 Å². The summed E-state index contributed by atoms with van der Waals surface area (Å²) in [5.74, 6) is -0.00974. The molecule has 0 atom stereocenters. The minimum absolute atomic E-state index is 0.232. The molecule has 146 valence electrons. The normalized spacial score (nSPS) is 11.1. The van der Waals surface area contributed by atoms with E-state index in [0.29, 0.717) is 42.0 Å². The average molecular weight is 388 g/mol. The fourth-order valence-corrected chi connectivity index (χ4v) is 3.45. The van der Waals surface area contributed by atoms with Crippen molar-refractivity contribution >= 4 is 28.4 Å². The van der Waals surface area contributed by atoms with Crippen LogP contribution in [0.15, 0.2) is 65.6 Å². The highest BCUT2D eigenvalue weighted by molar-refractivity contribution is 6.00. The van der Waals surface area contributed by atoms with Crippen LogP contribution in [0.1, 0.15) is 22.8 Å². The highest BCUT2D eigenvalue weighted by atomic mass is 16.1. The van der Waals surface area contributed by atoms with Crippen LogP contribution in [0.4, 0.5) is 5.82 Å². The summed E-state index contributed by atoms with van der Waals surface area (Å²) >= 11 is 0. The second-order valence-electron chi connectivity index (χ2n) is 6.77. The summed E-state index contributed by atoms with van der Waals surface area (Å²) in [5, 5.41) is 3.12. The first-order valence-corrected chi connectivity index (χ1v) is 9.55. The molecule has 0 aliphatic heterocycles. The van der Waals surface area contributed by atoms with E-state index in [4.69, 9.17) is 5.73 Å². The fourth-order valence-electron chi connectivity index (χ4n) is 3.45. The van der Waals surface area contributed by atoms with Gasteiger partial charge in [-0.15, -0.1) is 0 Å². The summed E-state index contributed by atoms with van der Waals surface area (Å²) < 4.78 is 3.24. The number of nitrogens with two attached hydrogens (primary N) is 1. The molecule has 0 saturated carbocycles. The van der Waals surface area contributed by atoms with Crippen LogP contribution < -0.4 is 21.2 Å². The Bertz CT molecular complexity index is 1270. The molecule has 1 amide bonds. The number of aromatic nitrogens is 3. The monoisotopic (exact) mass is 388 g/mol. The minimum Gasteiger partial charge on any atom is -0.352 e. The lowest BCUT2D eigenvalue weighted by molar-refractivity contribution is -0.658. The third-order valence-corrected chi connectivity index (χ3v) is 4.91. The van der Waals surface area contributed by atoms with E-state index in [-0.39, 0.29) is 17.0 Å². The molecule has 0 aliphatic carbocycles. The topological polar surface area (TPSA) is 93.4 Å². The van der Waals surface area contributed by atoms with Gasteiger partial charge in [0.2, 0.25) is 11.5 Å². The smallest absolute Gasteiger partial charge is 0.278 e. The standard InChI is InChI=1S/C22H21N5O2/c1-2-24-21(28)16-14-17-20(25-18-10-6-7-12-26(18)22(17)29)27(19(16)23)13-11-15-8-4-3-5-9-15/h3-10,12,14,23H,2,11,13H2,1H3,(H,24,28)/p+1. The molecule has 4 rings (SSSR count). The number of fused-ring (bicyclic) bond motifs is 2. The summed E-state index contributed by atoms with van der Waals surface area (Å²) in [6.45, 7) is 2.80. The minimum atomic E-state index is -0.307. The molecule has 0 radical (unpaired) electrons. The number of carbonyl (C=O) groups excluding carboxylic acids is 1. The summed E-state index contributed by atoms with van der Waals surface area (Å²) in [6, 6.07) is 16.9. The zero-order valence-corrected chi connectivity index (χ0v) is 16.1. The van der Waals surface area contributed by atoms with Crippen LogP contribution >= 0.6 is 0 Å². The maximum absolute atomic E-state index is 13.1. The van der Waals surface area contributed by atoms with Gasteiger partial charge in [0, 0.05) is 19.2 Å². The maximum atomic E-state index is 13.1. The number of rotatable bonds is 5. The van der Waals surface area contributed by atoms with E-state index in [1.807, 2.05) is 43.3 Å². The van der Waals surface area contributed by atoms with Crippen molar-refractivity contribution < 1.29 is 9.36 Å². The lowest BCUT2D eigenvalue weighted by Gasteiger charge is -2.12. The van der Waals surface area contributed by atoms with Gasteiger partial charge in [-0.1, -0.05) is 41.4 Å². The number of nitrogens with zero attached hydrogens (tertiary/aromatic N) is 3. The van der Waals surface area contributed by atoms with Crippen LogP contribution in [0, 0.1) is 0 Å². The van der Waals surface area contributed by atoms with Crippen molar-refractivity contribution in [3.63, 3.8) is 0 Å². The number of carbonyl (C=O) groups is 1. The van der Waals surface area contributed by atoms with Gasteiger partial charge in [-0.2, -0.15) is 0 Å². The number of amides is 1. The Kier molecular flexibility index (Phi) is 4.95. The predicted molar refractivity (Wildman–Crippen MR) is 112 cm³/mol. The van der Waals surface area contributed by atoms with Crippen molar-refractivity contribution in [3.8, 4) is 0 Å². The van der Waals surface area contributed by atoms with Crippen LogP contribution in [-0.2, 0) is 13.0 Å². The summed E-state index contributed by atoms with van der Waals surface area (Å²) in [7, 11) is 0. The molecule has 1 aromatic carbocycles. The Hall–Kier alpha value is -3.74. The van der Waals surface area contributed by atoms with E-state index in [0.717, 1.165) is 5.56 Å². The fraction of sp³-hybridized carbons (Fsp3) is 0.182. The molecule has 7 heteroatoms. The summed E-state index contributed by atoms with van der Waals surface area (Å²) in [5.41, 5.74) is 8.58. The van der Waals surface area contributed by atoms with E-state index in [2.05, 4.69) is 10.3 Å². The Balaban J connectivity index is 1.95. The van der Waals surface area contributed by atoms with E-state index in [9.17, 15) is 9.59 Å². The predicted octanol–water partition coefficient (Wildman–Crippen LogP) is 1.71. The second kappa shape index (κ2) is 7.71. The number of aryl methyl sites for hydroxylation is 2. The Labute approximate surface area is 167 Å². The van der Waals surface area contributed by atoms with E-state index < -0.39 is 0 Å². The van der Waals surface area contributed by atoms with Gasteiger partial charge in [-0.05, 0) is 30.7 Å². The first kappa shape index (κ1) is 18.6. The van der Waals surface area contributed by atoms with Crippen molar-refractivity contribution in [3.05, 3.63) is 82.3 Å². The molecule has 29 heavy (non-hydrogen) atoms. The molecule has 0 aliphatic rings. The van der Waals surface area contributed by atoms with Gasteiger partial charge in [0.15, 0.2) is 0 Å². The number of benzene rings is 1. The highest BCUT2D eigenvalue weighted by Gasteiger charge is 2.24. The molecule has 0 unspecified atom stereocenters. The zero-order chi connectivity index (χ0) is 20.4. The van der Waals surface area contributed by atoms with E-state index in [1.54, 1.807) is 29.0 Å². The zero-order valence-electron chi connectivity index (χ0n) is 16.1. The van der Waals surface area contributed by atoms with E-state index >= 15 is 0 Å². The van der Waals surface area contributed by atoms with Crippen molar-refractivity contribution in [1.29, 1.82) is 0 Å². The number of nitrogens with one attached hydrogen (secondary N) is 1. The van der Waals surface area contributed by atoms with Gasteiger partial charge in [-0.25, -0.2) is 4.57 Å². The van der Waals surface area contributed by atoms with Gasteiger partial charge in [0.25, 0.3) is 17.1 Å². The SMILES string of the molecule is CCNC(=O)c1cc2c(=O)n3ccccc3nc2[n+](CCc2ccccc2)c1N. The van der Waals surface area contributed by atoms with Gasteiger partial charge in [-0.3, -0.25) is 14.0 Å². The lowest BCUT2D eigenvalue weighted by Crippen LogP contribution is -2.43.